The first kappa shape index (κ1) is 25.2. The number of halogens is 4. The van der Waals surface area contributed by atoms with E-state index in [2.05, 4.69) is 21.0 Å². The summed E-state index contributed by atoms with van der Waals surface area (Å²) < 4.78 is 81.3. The maximum Gasteiger partial charge on any atom is 0.404 e. The van der Waals surface area contributed by atoms with Crippen LogP contribution in [0.3, 0.4) is 0 Å². The highest BCUT2D eigenvalue weighted by Gasteiger charge is 2.39. The van der Waals surface area contributed by atoms with Crippen LogP contribution in [0.15, 0.2) is 47.8 Å². The second-order valence-corrected chi connectivity index (χ2v) is 9.77. The molecule has 0 aliphatic carbocycles. The van der Waals surface area contributed by atoms with Gasteiger partial charge < -0.3 is 0 Å². The average molecular weight is 518 g/mol. The van der Waals surface area contributed by atoms with Crippen molar-refractivity contribution in [2.45, 2.75) is 37.9 Å². The molecular formula is C23H18F4N6O2S. The van der Waals surface area contributed by atoms with Crippen molar-refractivity contribution in [1.82, 2.24) is 24.2 Å². The van der Waals surface area contributed by atoms with E-state index in [4.69, 9.17) is 0 Å². The molecule has 0 aliphatic heterocycles. The summed E-state index contributed by atoms with van der Waals surface area (Å²) in [6.45, 7) is 3.74. The molecule has 0 fully saturated rings. The number of hydrogen-bond donors (Lipinski definition) is 1. The monoisotopic (exact) mass is 518 g/mol. The quantitative estimate of drug-likeness (QED) is 0.393. The number of nitrogens with one attached hydrogen (secondary N) is 1. The number of nitrogens with zero attached hydrogens (tertiary/aromatic N) is 5. The Hall–Kier alpha value is -3.89. The normalized spacial score (nSPS) is 13.1. The molecule has 186 valence electrons. The fourth-order valence-corrected chi connectivity index (χ4v) is 4.93. The largest absolute Gasteiger partial charge is 0.404 e. The van der Waals surface area contributed by atoms with Gasteiger partial charge in [0.1, 0.15) is 22.8 Å². The molecule has 0 radical (unpaired) electrons. The van der Waals surface area contributed by atoms with Crippen LogP contribution in [0.4, 0.5) is 17.6 Å². The minimum Gasteiger partial charge on any atom is -0.275 e. The summed E-state index contributed by atoms with van der Waals surface area (Å²) in [4.78, 5) is 12.2. The Labute approximate surface area is 203 Å². The topological polar surface area (TPSA) is 114 Å². The first-order valence-corrected chi connectivity index (χ1v) is 11.9. The van der Waals surface area contributed by atoms with Crippen LogP contribution in [0.1, 0.15) is 23.6 Å². The number of hydrogen-bond acceptors (Lipinski definition) is 6. The van der Waals surface area contributed by atoms with E-state index in [0.717, 1.165) is 12.3 Å². The molecule has 4 aromatic rings. The lowest BCUT2D eigenvalue weighted by Gasteiger charge is -2.18. The van der Waals surface area contributed by atoms with Gasteiger partial charge in [-0.15, -0.1) is 0 Å². The van der Waals surface area contributed by atoms with Gasteiger partial charge in [-0.2, -0.15) is 23.2 Å². The van der Waals surface area contributed by atoms with Gasteiger partial charge in [0.05, 0.1) is 22.5 Å². The van der Waals surface area contributed by atoms with E-state index in [1.165, 1.54) is 36.0 Å². The number of rotatable bonds is 5. The van der Waals surface area contributed by atoms with Crippen LogP contribution in [-0.4, -0.2) is 40.2 Å². The molecule has 0 amide bonds. The molecular weight excluding hydrogens is 500 g/mol. The van der Waals surface area contributed by atoms with Gasteiger partial charge in [0.15, 0.2) is 0 Å². The summed E-state index contributed by atoms with van der Waals surface area (Å²) in [5, 5.41) is 10.2. The van der Waals surface area contributed by atoms with Gasteiger partial charge in [-0.05, 0) is 56.2 Å². The van der Waals surface area contributed by atoms with Crippen molar-refractivity contribution in [3.63, 3.8) is 0 Å². The zero-order valence-electron chi connectivity index (χ0n) is 19.1. The van der Waals surface area contributed by atoms with Crippen LogP contribution in [-0.2, 0) is 10.0 Å². The number of sulfonamides is 1. The zero-order chi connectivity index (χ0) is 26.4. The summed E-state index contributed by atoms with van der Waals surface area (Å²) in [7, 11) is -4.56. The van der Waals surface area contributed by atoms with Gasteiger partial charge in [-0.25, -0.2) is 22.8 Å². The van der Waals surface area contributed by atoms with Gasteiger partial charge >= 0.3 is 6.18 Å². The second kappa shape index (κ2) is 8.96. The molecule has 0 saturated heterocycles. The maximum atomic E-state index is 14.4. The van der Waals surface area contributed by atoms with E-state index in [1.807, 2.05) is 0 Å². The predicted octanol–water partition coefficient (Wildman–Crippen LogP) is 4.34. The number of aryl methyl sites for hydroxylation is 2. The van der Waals surface area contributed by atoms with Crippen molar-refractivity contribution in [1.29, 1.82) is 5.26 Å². The molecule has 4 rings (SSSR count). The van der Waals surface area contributed by atoms with Gasteiger partial charge in [0.2, 0.25) is 16.0 Å². The Morgan fingerprint density at radius 3 is 2.33 bits per heavy atom. The van der Waals surface area contributed by atoms with Crippen LogP contribution >= 0.6 is 0 Å². The lowest BCUT2D eigenvalue weighted by atomic mass is 10.1. The number of nitriles is 1. The Kier molecular flexibility index (Phi) is 6.27. The summed E-state index contributed by atoms with van der Waals surface area (Å²) in [5.74, 6) is -0.378. The lowest BCUT2D eigenvalue weighted by Crippen LogP contribution is -2.43. The summed E-state index contributed by atoms with van der Waals surface area (Å²) in [5.41, 5.74) is 1.35. The molecule has 8 nitrogen and oxygen atoms in total. The highest BCUT2D eigenvalue weighted by Crippen LogP contribution is 2.37. The fraction of sp³-hybridized carbons (Fsp3) is 0.217. The molecule has 36 heavy (non-hydrogen) atoms. The lowest BCUT2D eigenvalue weighted by molar-refractivity contribution is -0.147. The average Bonchev–Trinajstić information content (AvgIpc) is 3.11. The second-order valence-electron chi connectivity index (χ2n) is 8.06. The van der Waals surface area contributed by atoms with Crippen LogP contribution in [0.2, 0.25) is 0 Å². The molecule has 0 saturated carbocycles. The predicted molar refractivity (Wildman–Crippen MR) is 122 cm³/mol. The molecule has 1 N–H and O–H groups in total. The van der Waals surface area contributed by atoms with Gasteiger partial charge in [0, 0.05) is 24.0 Å². The van der Waals surface area contributed by atoms with Crippen molar-refractivity contribution in [3.05, 3.63) is 65.4 Å². The van der Waals surface area contributed by atoms with Crippen molar-refractivity contribution < 1.29 is 26.0 Å². The Morgan fingerprint density at radius 2 is 1.75 bits per heavy atom. The van der Waals surface area contributed by atoms with Gasteiger partial charge in [0.25, 0.3) is 0 Å². The number of pyridine rings is 1. The fourth-order valence-electron chi connectivity index (χ4n) is 3.67. The van der Waals surface area contributed by atoms with E-state index in [1.54, 1.807) is 17.7 Å². The molecule has 0 unspecified atom stereocenters. The molecule has 13 heteroatoms. The molecule has 1 aromatic carbocycles. The third kappa shape index (κ3) is 4.40. The highest BCUT2D eigenvalue weighted by molar-refractivity contribution is 7.89. The number of alkyl halides is 3. The molecule has 0 spiro atoms. The van der Waals surface area contributed by atoms with Crippen LogP contribution < -0.4 is 4.72 Å². The Balaban J connectivity index is 1.96. The zero-order valence-corrected chi connectivity index (χ0v) is 19.9. The Bertz CT molecular complexity index is 1630. The van der Waals surface area contributed by atoms with E-state index in [0.29, 0.717) is 18.0 Å². The minimum atomic E-state index is -4.78. The minimum absolute atomic E-state index is 0.0476. The standard InChI is InChI=1S/C23H18F4N6O2S/c1-12-8-19-16(9-18(12)24)17(10-28)21(33(19)22-29-5-4-6-30-22)20-13(2)7-15(11-31-20)36(34,35)32-14(3)23(25,26)27/h4-9,11,14,32H,1-3H3/t14-/m0/s1. The van der Waals surface area contributed by atoms with Gasteiger partial charge in [-0.3, -0.25) is 9.55 Å². The van der Waals surface area contributed by atoms with Crippen LogP contribution in [0.5, 0.6) is 0 Å². The highest BCUT2D eigenvalue weighted by atomic mass is 32.2. The van der Waals surface area contributed by atoms with E-state index in [-0.39, 0.29) is 33.8 Å². The number of benzene rings is 1. The summed E-state index contributed by atoms with van der Waals surface area (Å²) in [6, 6.07) is 5.21. The maximum absolute atomic E-state index is 14.4. The van der Waals surface area contributed by atoms with E-state index in [9.17, 15) is 31.2 Å². The van der Waals surface area contributed by atoms with Crippen molar-refractivity contribution in [3.8, 4) is 23.4 Å². The van der Waals surface area contributed by atoms with Crippen LogP contribution in [0, 0.1) is 31.0 Å². The SMILES string of the molecule is Cc1cc2c(cc1F)c(C#N)c(-c1ncc(S(=O)(=O)N[C@@H](C)C(F)(F)F)cc1C)n2-c1ncccn1. The van der Waals surface area contributed by atoms with E-state index >= 15 is 0 Å². The molecule has 3 heterocycles. The third-order valence-corrected chi connectivity index (χ3v) is 7.03. The molecule has 0 aliphatic rings. The number of fused-ring (bicyclic) bond motifs is 1. The molecule has 0 bridgehead atoms. The Morgan fingerprint density at radius 1 is 1.08 bits per heavy atom. The van der Waals surface area contributed by atoms with Crippen LogP contribution in [0.25, 0.3) is 28.2 Å². The summed E-state index contributed by atoms with van der Waals surface area (Å²) >= 11 is 0. The van der Waals surface area contributed by atoms with Gasteiger partial charge in [-0.1, -0.05) is 0 Å². The smallest absolute Gasteiger partial charge is 0.275 e. The first-order chi connectivity index (χ1) is 16.8. The molecule has 3 aromatic heterocycles. The van der Waals surface area contributed by atoms with E-state index < -0.39 is 33.0 Å². The van der Waals surface area contributed by atoms with Crippen molar-refractivity contribution >= 4 is 20.9 Å². The molecule has 1 atom stereocenters. The third-order valence-electron chi connectivity index (χ3n) is 5.52. The summed E-state index contributed by atoms with van der Waals surface area (Å²) in [6.07, 6.45) is -0.927. The van der Waals surface area contributed by atoms with Crippen molar-refractivity contribution in [2.24, 2.45) is 0 Å². The number of aromatic nitrogens is 4. The first-order valence-electron chi connectivity index (χ1n) is 10.4. The van der Waals surface area contributed by atoms with Crippen molar-refractivity contribution in [2.75, 3.05) is 0 Å².